The molecule has 0 aromatic heterocycles. The second-order valence-electron chi connectivity index (χ2n) is 3.10. The molecule has 1 saturated heterocycles. The Morgan fingerprint density at radius 2 is 2.42 bits per heavy atom. The highest BCUT2D eigenvalue weighted by molar-refractivity contribution is 4.71. The maximum Gasteiger partial charge on any atom is 0.0711 e. The second kappa shape index (κ2) is 5.99. The van der Waals surface area contributed by atoms with E-state index in [0.29, 0.717) is 12.5 Å². The lowest BCUT2D eigenvalue weighted by Gasteiger charge is -2.08. The summed E-state index contributed by atoms with van der Waals surface area (Å²) in [4.78, 5) is 0. The minimum atomic E-state index is 0.423. The second-order valence-corrected chi connectivity index (χ2v) is 3.10. The molecule has 0 radical (unpaired) electrons. The normalized spacial score (nSPS) is 22.4. The maximum absolute atomic E-state index is 8.28. The van der Waals surface area contributed by atoms with E-state index in [0.717, 1.165) is 39.0 Å². The van der Waals surface area contributed by atoms with Crippen LogP contribution in [-0.4, -0.2) is 25.8 Å². The van der Waals surface area contributed by atoms with E-state index in [1.54, 1.807) is 0 Å². The summed E-state index contributed by atoms with van der Waals surface area (Å²) in [6, 6.07) is 2.13. The first-order valence-corrected chi connectivity index (χ1v) is 4.63. The Hall–Kier alpha value is -0.590. The van der Waals surface area contributed by atoms with E-state index in [-0.39, 0.29) is 0 Å². The lowest BCUT2D eigenvalue weighted by atomic mass is 10.2. The van der Waals surface area contributed by atoms with Crippen LogP contribution in [-0.2, 0) is 4.74 Å². The van der Waals surface area contributed by atoms with Crippen molar-refractivity contribution in [1.29, 1.82) is 5.26 Å². The Labute approximate surface area is 73.7 Å². The molecule has 1 aliphatic rings. The average Bonchev–Trinajstić information content (AvgIpc) is 2.57. The molecule has 1 atom stereocenters. The van der Waals surface area contributed by atoms with Gasteiger partial charge in [0.05, 0.1) is 12.2 Å². The molecular weight excluding hydrogens is 152 g/mol. The molecule has 1 rings (SSSR count). The summed E-state index contributed by atoms with van der Waals surface area (Å²) in [6.45, 7) is 2.90. The topological polar surface area (TPSA) is 45.0 Å². The van der Waals surface area contributed by atoms with E-state index in [2.05, 4.69) is 11.4 Å². The molecule has 68 valence electrons. The highest BCUT2D eigenvalue weighted by atomic mass is 16.5. The predicted molar refractivity (Wildman–Crippen MR) is 46.7 cm³/mol. The van der Waals surface area contributed by atoms with Crippen molar-refractivity contribution < 1.29 is 4.74 Å². The molecule has 3 nitrogen and oxygen atoms in total. The minimum absolute atomic E-state index is 0.423. The monoisotopic (exact) mass is 168 g/mol. The molecule has 0 aromatic rings. The van der Waals surface area contributed by atoms with Gasteiger partial charge in [-0.25, -0.2) is 0 Å². The number of nitriles is 1. The maximum atomic E-state index is 8.28. The number of hydrogen-bond donors (Lipinski definition) is 1. The van der Waals surface area contributed by atoms with Crippen molar-refractivity contribution in [3.63, 3.8) is 0 Å². The van der Waals surface area contributed by atoms with E-state index >= 15 is 0 Å². The van der Waals surface area contributed by atoms with Crippen LogP contribution < -0.4 is 5.32 Å². The van der Waals surface area contributed by atoms with Gasteiger partial charge in [0.1, 0.15) is 0 Å². The summed E-state index contributed by atoms with van der Waals surface area (Å²) in [6.07, 6.45) is 4.21. The molecule has 1 heterocycles. The Morgan fingerprint density at radius 1 is 1.50 bits per heavy atom. The zero-order chi connectivity index (χ0) is 8.65. The lowest BCUT2D eigenvalue weighted by molar-refractivity contribution is 0.0646. The van der Waals surface area contributed by atoms with Gasteiger partial charge in [0, 0.05) is 19.6 Å². The van der Waals surface area contributed by atoms with Gasteiger partial charge in [0.25, 0.3) is 0 Å². The molecule has 1 N–H and O–H groups in total. The molecule has 0 spiro atoms. The summed E-state index contributed by atoms with van der Waals surface area (Å²) in [7, 11) is 0. The molecule has 0 aromatic carbocycles. The molecule has 1 unspecified atom stereocenters. The van der Waals surface area contributed by atoms with Gasteiger partial charge < -0.3 is 10.1 Å². The van der Waals surface area contributed by atoms with Crippen LogP contribution in [0.5, 0.6) is 0 Å². The van der Waals surface area contributed by atoms with Crippen LogP contribution in [0.4, 0.5) is 0 Å². The molecule has 12 heavy (non-hydrogen) atoms. The SMILES string of the molecule is N#CCCCCOC1CCNC1. The summed E-state index contributed by atoms with van der Waals surface area (Å²) >= 11 is 0. The van der Waals surface area contributed by atoms with Gasteiger partial charge >= 0.3 is 0 Å². The Bertz CT molecular complexity index is 147. The standard InChI is InChI=1S/C9H16N2O/c10-5-2-1-3-7-12-9-4-6-11-8-9/h9,11H,1-4,6-8H2. The van der Waals surface area contributed by atoms with Crippen molar-refractivity contribution >= 4 is 0 Å². The van der Waals surface area contributed by atoms with Gasteiger partial charge in [-0.1, -0.05) is 0 Å². The highest BCUT2D eigenvalue weighted by Gasteiger charge is 2.13. The fourth-order valence-corrected chi connectivity index (χ4v) is 1.33. The first-order valence-electron chi connectivity index (χ1n) is 4.63. The van der Waals surface area contributed by atoms with Crippen molar-refractivity contribution in [1.82, 2.24) is 5.32 Å². The number of nitrogens with zero attached hydrogens (tertiary/aromatic N) is 1. The van der Waals surface area contributed by atoms with Crippen molar-refractivity contribution in [2.45, 2.75) is 31.8 Å². The highest BCUT2D eigenvalue weighted by Crippen LogP contribution is 2.04. The number of ether oxygens (including phenoxy) is 1. The van der Waals surface area contributed by atoms with Gasteiger partial charge in [0.15, 0.2) is 0 Å². The average molecular weight is 168 g/mol. The third-order valence-electron chi connectivity index (χ3n) is 2.05. The number of rotatable bonds is 5. The molecule has 1 fully saturated rings. The van der Waals surface area contributed by atoms with E-state index < -0.39 is 0 Å². The lowest BCUT2D eigenvalue weighted by Crippen LogP contribution is -2.17. The molecule has 0 aliphatic carbocycles. The Balaban J connectivity index is 1.85. The predicted octanol–water partition coefficient (Wildman–Crippen LogP) is 1.06. The van der Waals surface area contributed by atoms with Crippen LogP contribution in [0.25, 0.3) is 0 Å². The zero-order valence-electron chi connectivity index (χ0n) is 7.38. The van der Waals surface area contributed by atoms with Crippen LogP contribution >= 0.6 is 0 Å². The first kappa shape index (κ1) is 9.50. The summed E-state index contributed by atoms with van der Waals surface area (Å²) in [5.74, 6) is 0. The van der Waals surface area contributed by atoms with Crippen molar-refractivity contribution in [2.24, 2.45) is 0 Å². The third-order valence-corrected chi connectivity index (χ3v) is 2.05. The van der Waals surface area contributed by atoms with E-state index in [4.69, 9.17) is 10.00 Å². The fraction of sp³-hybridized carbons (Fsp3) is 0.889. The van der Waals surface area contributed by atoms with Crippen LogP contribution in [0.3, 0.4) is 0 Å². The van der Waals surface area contributed by atoms with Crippen molar-refractivity contribution in [3.05, 3.63) is 0 Å². The smallest absolute Gasteiger partial charge is 0.0711 e. The Morgan fingerprint density at radius 3 is 3.08 bits per heavy atom. The van der Waals surface area contributed by atoms with Gasteiger partial charge in [-0.3, -0.25) is 0 Å². The van der Waals surface area contributed by atoms with Gasteiger partial charge in [-0.05, 0) is 25.8 Å². The van der Waals surface area contributed by atoms with Crippen molar-refractivity contribution in [2.75, 3.05) is 19.7 Å². The van der Waals surface area contributed by atoms with E-state index in [1.165, 1.54) is 0 Å². The zero-order valence-corrected chi connectivity index (χ0v) is 7.38. The quantitative estimate of drug-likeness (QED) is 0.624. The number of hydrogen-bond acceptors (Lipinski definition) is 3. The summed E-state index contributed by atoms with van der Waals surface area (Å²) < 4.78 is 5.58. The third kappa shape index (κ3) is 3.70. The van der Waals surface area contributed by atoms with Crippen LogP contribution in [0.2, 0.25) is 0 Å². The van der Waals surface area contributed by atoms with Crippen molar-refractivity contribution in [3.8, 4) is 6.07 Å². The van der Waals surface area contributed by atoms with Crippen LogP contribution in [0.15, 0.2) is 0 Å². The largest absolute Gasteiger partial charge is 0.377 e. The Kier molecular flexibility index (Phi) is 4.74. The molecule has 0 saturated carbocycles. The molecule has 1 aliphatic heterocycles. The summed E-state index contributed by atoms with van der Waals surface area (Å²) in [5, 5.41) is 11.5. The van der Waals surface area contributed by atoms with Crippen LogP contribution in [0.1, 0.15) is 25.7 Å². The molecule has 3 heteroatoms. The van der Waals surface area contributed by atoms with Gasteiger partial charge in [-0.15, -0.1) is 0 Å². The van der Waals surface area contributed by atoms with Crippen LogP contribution in [0, 0.1) is 11.3 Å². The molecule has 0 amide bonds. The number of nitrogens with one attached hydrogen (secondary N) is 1. The van der Waals surface area contributed by atoms with E-state index in [1.807, 2.05) is 0 Å². The van der Waals surface area contributed by atoms with Gasteiger partial charge in [0.2, 0.25) is 0 Å². The van der Waals surface area contributed by atoms with Gasteiger partial charge in [-0.2, -0.15) is 5.26 Å². The number of unbranched alkanes of at least 4 members (excludes halogenated alkanes) is 2. The van der Waals surface area contributed by atoms with E-state index in [9.17, 15) is 0 Å². The summed E-state index contributed by atoms with van der Waals surface area (Å²) in [5.41, 5.74) is 0. The molecule has 0 bridgehead atoms. The fourth-order valence-electron chi connectivity index (χ4n) is 1.33. The first-order chi connectivity index (χ1) is 5.93. The molecular formula is C9H16N2O. The minimum Gasteiger partial charge on any atom is -0.377 e.